The minimum atomic E-state index is -4.87. The van der Waals surface area contributed by atoms with E-state index in [1.807, 2.05) is 37.5 Å². The van der Waals surface area contributed by atoms with Crippen LogP contribution in [0.4, 0.5) is 13.2 Å². The Balaban J connectivity index is 1.44. The van der Waals surface area contributed by atoms with Gasteiger partial charge in [-0.15, -0.1) is 0 Å². The van der Waals surface area contributed by atoms with Crippen molar-refractivity contribution in [3.05, 3.63) is 53.3 Å². The smallest absolute Gasteiger partial charge is 0.375 e. The molecule has 0 radical (unpaired) electrons. The Morgan fingerprint density at radius 1 is 1.18 bits per heavy atom. The lowest BCUT2D eigenvalue weighted by Gasteiger charge is -2.25. The normalized spacial score (nSPS) is 23.3. The van der Waals surface area contributed by atoms with Crippen molar-refractivity contribution >= 4 is 22.5 Å². The Bertz CT molecular complexity index is 1630. The van der Waals surface area contributed by atoms with Crippen LogP contribution in [0.3, 0.4) is 0 Å². The number of aryl methyl sites for hydroxylation is 1. The largest absolute Gasteiger partial charge is 0.422 e. The second kappa shape index (κ2) is 9.04. The average Bonchev–Trinajstić information content (AvgIpc) is 3.51. The number of likely N-dealkylation sites (tertiary alicyclic amines) is 1. The van der Waals surface area contributed by atoms with Gasteiger partial charge in [-0.05, 0) is 75.8 Å². The molecule has 2 fully saturated rings. The molecule has 4 atom stereocenters. The van der Waals surface area contributed by atoms with Crippen molar-refractivity contribution in [2.45, 2.75) is 70.9 Å². The van der Waals surface area contributed by atoms with Gasteiger partial charge in [0, 0.05) is 42.3 Å². The van der Waals surface area contributed by atoms with E-state index in [1.165, 1.54) is 6.07 Å². The number of amides is 1. The summed E-state index contributed by atoms with van der Waals surface area (Å²) < 4.78 is 44.4. The van der Waals surface area contributed by atoms with Crippen LogP contribution in [0, 0.1) is 18.8 Å². The van der Waals surface area contributed by atoms with Gasteiger partial charge in [0.1, 0.15) is 11.3 Å². The van der Waals surface area contributed by atoms with Crippen molar-refractivity contribution in [1.82, 2.24) is 24.1 Å². The fraction of sp³-hybridized carbons (Fsp3) is 0.483. The van der Waals surface area contributed by atoms with Gasteiger partial charge >= 0.3 is 6.18 Å². The van der Waals surface area contributed by atoms with Crippen molar-refractivity contribution in [1.29, 1.82) is 0 Å². The molecule has 5 heterocycles. The van der Waals surface area contributed by atoms with Crippen LogP contribution in [0.5, 0.6) is 0 Å². The summed E-state index contributed by atoms with van der Waals surface area (Å²) in [7, 11) is 0. The maximum atomic E-state index is 13.6. The van der Waals surface area contributed by atoms with E-state index in [-0.39, 0.29) is 23.9 Å². The lowest BCUT2D eigenvalue weighted by Crippen LogP contribution is -2.41. The number of rotatable bonds is 5. The highest BCUT2D eigenvalue weighted by atomic mass is 19.4. The van der Waals surface area contributed by atoms with Crippen LogP contribution in [0.15, 0.2) is 36.5 Å². The second-order valence-electron chi connectivity index (χ2n) is 11.7. The average molecular weight is 555 g/mol. The molecular formula is C29H33F3N6O2. The molecule has 4 aromatic heterocycles. The monoisotopic (exact) mass is 554 g/mol. The summed E-state index contributed by atoms with van der Waals surface area (Å²) in [6.45, 7) is 7.86. The van der Waals surface area contributed by atoms with Gasteiger partial charge in [-0.3, -0.25) is 4.79 Å². The molecule has 3 N–H and O–H groups in total. The van der Waals surface area contributed by atoms with E-state index in [2.05, 4.69) is 4.98 Å². The van der Waals surface area contributed by atoms with E-state index in [1.54, 1.807) is 27.7 Å². The zero-order valence-corrected chi connectivity index (χ0v) is 22.9. The highest BCUT2D eigenvalue weighted by molar-refractivity contribution is 5.95. The predicted octanol–water partition coefficient (Wildman–Crippen LogP) is 4.65. The molecule has 4 aromatic rings. The molecule has 0 bridgehead atoms. The van der Waals surface area contributed by atoms with Crippen LogP contribution < -0.4 is 5.73 Å². The first-order chi connectivity index (χ1) is 18.8. The zero-order valence-electron chi connectivity index (χ0n) is 22.9. The van der Waals surface area contributed by atoms with Gasteiger partial charge in [0.05, 0.1) is 22.5 Å². The molecule has 11 heteroatoms. The van der Waals surface area contributed by atoms with Gasteiger partial charge in [0.15, 0.2) is 5.60 Å². The molecule has 1 saturated carbocycles. The number of alkyl halides is 3. The number of pyridine rings is 2. The first-order valence-corrected chi connectivity index (χ1v) is 13.6. The number of carbonyl (C=O) groups excluding carboxylic acids is 1. The Morgan fingerprint density at radius 3 is 2.52 bits per heavy atom. The van der Waals surface area contributed by atoms with E-state index in [0.29, 0.717) is 41.3 Å². The van der Waals surface area contributed by atoms with Gasteiger partial charge in [-0.2, -0.15) is 18.3 Å². The maximum absolute atomic E-state index is 13.6. The van der Waals surface area contributed by atoms with Crippen LogP contribution in [0.2, 0.25) is 0 Å². The molecule has 0 aromatic carbocycles. The molecule has 1 amide bonds. The summed E-state index contributed by atoms with van der Waals surface area (Å²) in [5, 5.41) is 15.8. The predicted molar refractivity (Wildman–Crippen MR) is 145 cm³/mol. The van der Waals surface area contributed by atoms with Gasteiger partial charge in [0.25, 0.3) is 5.91 Å². The standard InChI is InChI=1S/C29H33F3N6O2/c1-15-12-36(17(3)24(15)33)27(39)20-7-9-21-16(2)25(35-38(21)14-20)22-11-19-8-10-23(28(4,40)29(30,31)32)34-26(19)37(22)13-18-5-6-18/h7-11,14-15,17-18,24,40H,5-6,12-13,33H2,1-4H3. The first kappa shape index (κ1) is 26.8. The van der Waals surface area contributed by atoms with Gasteiger partial charge in [0.2, 0.25) is 0 Å². The minimum absolute atomic E-state index is 0.0678. The lowest BCUT2D eigenvalue weighted by molar-refractivity contribution is -0.260. The lowest BCUT2D eigenvalue weighted by atomic mass is 10.0. The van der Waals surface area contributed by atoms with Crippen LogP contribution in [-0.2, 0) is 12.1 Å². The fourth-order valence-corrected chi connectivity index (χ4v) is 5.74. The van der Waals surface area contributed by atoms with E-state index >= 15 is 0 Å². The first-order valence-electron chi connectivity index (χ1n) is 13.6. The maximum Gasteiger partial charge on any atom is 0.422 e. The van der Waals surface area contributed by atoms with Crippen molar-refractivity contribution in [2.24, 2.45) is 17.6 Å². The van der Waals surface area contributed by atoms with Crippen LogP contribution >= 0.6 is 0 Å². The molecule has 212 valence electrons. The number of fused-ring (bicyclic) bond motifs is 2. The topological polar surface area (TPSA) is 102 Å². The summed E-state index contributed by atoms with van der Waals surface area (Å²) >= 11 is 0. The van der Waals surface area contributed by atoms with E-state index < -0.39 is 17.5 Å². The van der Waals surface area contributed by atoms with E-state index in [4.69, 9.17) is 10.8 Å². The Kier molecular flexibility index (Phi) is 6.05. The third kappa shape index (κ3) is 4.17. The number of halogens is 3. The number of hydrogen-bond acceptors (Lipinski definition) is 5. The molecule has 40 heavy (non-hydrogen) atoms. The molecular weight excluding hydrogens is 521 g/mol. The molecule has 2 aliphatic rings. The Morgan fingerprint density at radius 2 is 1.90 bits per heavy atom. The number of aliphatic hydroxyl groups is 1. The number of aromatic nitrogens is 4. The number of carbonyl (C=O) groups is 1. The zero-order chi connectivity index (χ0) is 28.7. The quantitative estimate of drug-likeness (QED) is 0.374. The summed E-state index contributed by atoms with van der Waals surface area (Å²) in [6, 6.07) is 8.19. The van der Waals surface area contributed by atoms with Crippen LogP contribution in [0.1, 0.15) is 55.2 Å². The number of nitrogens with zero attached hydrogens (tertiary/aromatic N) is 5. The van der Waals surface area contributed by atoms with Crippen molar-refractivity contribution in [2.75, 3.05) is 6.54 Å². The van der Waals surface area contributed by atoms with Gasteiger partial charge < -0.3 is 20.3 Å². The number of hydrogen-bond donors (Lipinski definition) is 2. The third-order valence-electron chi connectivity index (χ3n) is 8.75. The summed E-state index contributed by atoms with van der Waals surface area (Å²) in [4.78, 5) is 19.5. The molecule has 4 unspecified atom stereocenters. The van der Waals surface area contributed by atoms with E-state index in [0.717, 1.165) is 36.5 Å². The van der Waals surface area contributed by atoms with Gasteiger partial charge in [-0.25, -0.2) is 9.50 Å². The molecule has 8 nitrogen and oxygen atoms in total. The minimum Gasteiger partial charge on any atom is -0.375 e. The van der Waals surface area contributed by atoms with Crippen molar-refractivity contribution < 1.29 is 23.1 Å². The third-order valence-corrected chi connectivity index (χ3v) is 8.75. The molecule has 0 spiro atoms. The Labute approximate surface area is 229 Å². The molecule has 6 rings (SSSR count). The number of nitrogens with two attached hydrogens (primary N) is 1. The molecule has 1 aliphatic heterocycles. The summed E-state index contributed by atoms with van der Waals surface area (Å²) in [6.07, 6.45) is -1.08. The summed E-state index contributed by atoms with van der Waals surface area (Å²) in [5.74, 6) is 0.518. The van der Waals surface area contributed by atoms with Crippen molar-refractivity contribution in [3.8, 4) is 11.4 Å². The fourth-order valence-electron chi connectivity index (χ4n) is 5.74. The van der Waals surface area contributed by atoms with Crippen LogP contribution in [-0.4, -0.2) is 59.9 Å². The van der Waals surface area contributed by atoms with Crippen LogP contribution in [0.25, 0.3) is 27.9 Å². The highest BCUT2D eigenvalue weighted by Gasteiger charge is 2.52. The molecule has 1 saturated heterocycles. The van der Waals surface area contributed by atoms with Crippen molar-refractivity contribution in [3.63, 3.8) is 0 Å². The van der Waals surface area contributed by atoms with E-state index in [9.17, 15) is 23.1 Å². The highest BCUT2D eigenvalue weighted by Crippen LogP contribution is 2.40. The Hall–Kier alpha value is -3.44. The summed E-state index contributed by atoms with van der Waals surface area (Å²) in [5.41, 5.74) is 6.72. The van der Waals surface area contributed by atoms with Gasteiger partial charge in [-0.1, -0.05) is 6.92 Å². The SMILES string of the molecule is Cc1c(-c2cc3ccc(C(C)(O)C(F)(F)F)nc3n2CC2CC2)nn2cc(C(=O)N3CC(C)C(N)C3C)ccc12. The second-order valence-corrected chi connectivity index (χ2v) is 11.7. The molecule has 1 aliphatic carbocycles.